The summed E-state index contributed by atoms with van der Waals surface area (Å²) in [6, 6.07) is 36.9. The summed E-state index contributed by atoms with van der Waals surface area (Å²) in [5, 5.41) is 0. The summed E-state index contributed by atoms with van der Waals surface area (Å²) in [6.07, 6.45) is 0. The predicted molar refractivity (Wildman–Crippen MR) is 121 cm³/mol. The van der Waals surface area contributed by atoms with Crippen molar-refractivity contribution in [3.8, 4) is 33.4 Å². The Morgan fingerprint density at radius 2 is 0.929 bits per heavy atom. The van der Waals surface area contributed by atoms with Crippen molar-refractivity contribution in [2.45, 2.75) is 26.2 Å². The van der Waals surface area contributed by atoms with Crippen LogP contribution in [0.15, 0.2) is 103 Å². The number of hydrogen-bond donors (Lipinski definition) is 0. The monoisotopic (exact) mass is 362 g/mol. The van der Waals surface area contributed by atoms with Gasteiger partial charge in [-0.1, -0.05) is 124 Å². The highest BCUT2D eigenvalue weighted by Crippen LogP contribution is 2.42. The van der Waals surface area contributed by atoms with Crippen molar-refractivity contribution in [2.75, 3.05) is 0 Å². The fourth-order valence-electron chi connectivity index (χ4n) is 3.91. The zero-order valence-corrected chi connectivity index (χ0v) is 16.8. The second-order valence-electron chi connectivity index (χ2n) is 8.26. The molecule has 0 fully saturated rings. The summed E-state index contributed by atoms with van der Waals surface area (Å²) in [4.78, 5) is 0. The topological polar surface area (TPSA) is 0 Å². The van der Waals surface area contributed by atoms with Crippen LogP contribution < -0.4 is 0 Å². The smallest absolute Gasteiger partial charge is 0.00678 e. The van der Waals surface area contributed by atoms with Gasteiger partial charge in [-0.2, -0.15) is 0 Å². The maximum atomic E-state index is 2.29. The second kappa shape index (κ2) is 7.48. The third kappa shape index (κ3) is 3.51. The first kappa shape index (κ1) is 18.3. The fraction of sp³-hybridized carbons (Fsp3) is 0.143. The lowest BCUT2D eigenvalue weighted by molar-refractivity contribution is 0.592. The largest absolute Gasteiger partial charge is 0.0622 e. The van der Waals surface area contributed by atoms with Crippen molar-refractivity contribution < 1.29 is 0 Å². The van der Waals surface area contributed by atoms with Gasteiger partial charge in [0.05, 0.1) is 0 Å². The first-order chi connectivity index (χ1) is 13.6. The minimum Gasteiger partial charge on any atom is -0.0622 e. The third-order valence-electron chi connectivity index (χ3n) is 5.24. The molecule has 0 heteroatoms. The maximum absolute atomic E-state index is 2.29. The molecule has 138 valence electrons. The summed E-state index contributed by atoms with van der Waals surface area (Å²) in [5.41, 5.74) is 9.12. The molecule has 0 heterocycles. The van der Waals surface area contributed by atoms with Crippen molar-refractivity contribution in [1.29, 1.82) is 0 Å². The highest BCUT2D eigenvalue weighted by Gasteiger charge is 2.22. The van der Waals surface area contributed by atoms with Crippen LogP contribution in [0.25, 0.3) is 33.4 Å². The van der Waals surface area contributed by atoms with E-state index in [0.29, 0.717) is 0 Å². The van der Waals surface area contributed by atoms with Crippen LogP contribution >= 0.6 is 0 Å². The quantitative estimate of drug-likeness (QED) is 0.346. The molecule has 0 aliphatic rings. The Labute approximate surface area is 168 Å². The Hall–Kier alpha value is -3.12. The van der Waals surface area contributed by atoms with Crippen molar-refractivity contribution in [1.82, 2.24) is 0 Å². The maximum Gasteiger partial charge on any atom is -0.00678 e. The van der Waals surface area contributed by atoms with Gasteiger partial charge in [-0.3, -0.25) is 0 Å². The van der Waals surface area contributed by atoms with E-state index in [9.17, 15) is 0 Å². The average Bonchev–Trinajstić information content (AvgIpc) is 2.74. The lowest BCUT2D eigenvalue weighted by Gasteiger charge is -2.26. The van der Waals surface area contributed by atoms with Crippen LogP contribution in [0.5, 0.6) is 0 Å². The van der Waals surface area contributed by atoms with E-state index in [-0.39, 0.29) is 5.41 Å². The zero-order chi connectivity index (χ0) is 19.6. The zero-order valence-electron chi connectivity index (χ0n) is 16.8. The van der Waals surface area contributed by atoms with E-state index < -0.39 is 0 Å². The normalized spacial score (nSPS) is 11.4. The van der Waals surface area contributed by atoms with Gasteiger partial charge in [0.2, 0.25) is 0 Å². The van der Waals surface area contributed by atoms with E-state index in [1.807, 2.05) is 0 Å². The van der Waals surface area contributed by atoms with Gasteiger partial charge in [0, 0.05) is 0 Å². The summed E-state index contributed by atoms with van der Waals surface area (Å²) >= 11 is 0. The van der Waals surface area contributed by atoms with Gasteiger partial charge in [-0.25, -0.2) is 0 Å². The lowest BCUT2D eigenvalue weighted by atomic mass is 9.78. The summed E-state index contributed by atoms with van der Waals surface area (Å²) in [7, 11) is 0. The van der Waals surface area contributed by atoms with Gasteiger partial charge in [0.15, 0.2) is 0 Å². The standard InChI is InChI=1S/C28H26/c1-28(2,3)26-20-12-19-25(27(26)22-15-8-5-9-16-22)24-18-11-10-17-23(24)21-13-6-4-7-14-21/h4-20H,1-3H3. The van der Waals surface area contributed by atoms with E-state index in [4.69, 9.17) is 0 Å². The molecule has 0 bridgehead atoms. The van der Waals surface area contributed by atoms with E-state index in [1.54, 1.807) is 0 Å². The van der Waals surface area contributed by atoms with Gasteiger partial charge < -0.3 is 0 Å². The molecule has 0 aliphatic carbocycles. The van der Waals surface area contributed by atoms with Crippen molar-refractivity contribution in [2.24, 2.45) is 0 Å². The lowest BCUT2D eigenvalue weighted by Crippen LogP contribution is -2.13. The highest BCUT2D eigenvalue weighted by atomic mass is 14.3. The molecular weight excluding hydrogens is 336 g/mol. The van der Waals surface area contributed by atoms with Crippen LogP contribution in [0.3, 0.4) is 0 Å². The van der Waals surface area contributed by atoms with Gasteiger partial charge in [0.25, 0.3) is 0 Å². The Morgan fingerprint density at radius 3 is 1.54 bits per heavy atom. The molecule has 0 unspecified atom stereocenters. The minimum atomic E-state index is 0.0584. The van der Waals surface area contributed by atoms with Crippen LogP contribution in [0, 0.1) is 0 Å². The molecule has 0 spiro atoms. The Balaban J connectivity index is 2.03. The average molecular weight is 363 g/mol. The number of hydrogen-bond acceptors (Lipinski definition) is 0. The molecular formula is C28H26. The Kier molecular flexibility index (Phi) is 4.88. The van der Waals surface area contributed by atoms with E-state index in [1.165, 1.54) is 38.9 Å². The van der Waals surface area contributed by atoms with Crippen LogP contribution in [-0.4, -0.2) is 0 Å². The molecule has 0 aromatic heterocycles. The van der Waals surface area contributed by atoms with Crippen LogP contribution in [0.1, 0.15) is 26.3 Å². The minimum absolute atomic E-state index is 0.0584. The Morgan fingerprint density at radius 1 is 0.429 bits per heavy atom. The Bertz CT molecular complexity index is 1070. The molecule has 0 radical (unpaired) electrons. The molecule has 4 aromatic carbocycles. The van der Waals surface area contributed by atoms with E-state index in [2.05, 4.69) is 124 Å². The van der Waals surface area contributed by atoms with Gasteiger partial charge >= 0.3 is 0 Å². The molecule has 0 saturated heterocycles. The fourth-order valence-corrected chi connectivity index (χ4v) is 3.91. The third-order valence-corrected chi connectivity index (χ3v) is 5.24. The molecule has 0 nitrogen and oxygen atoms in total. The van der Waals surface area contributed by atoms with Crippen molar-refractivity contribution >= 4 is 0 Å². The predicted octanol–water partition coefficient (Wildman–Crippen LogP) is 7.99. The van der Waals surface area contributed by atoms with Crippen LogP contribution in [0.2, 0.25) is 0 Å². The summed E-state index contributed by atoms with van der Waals surface area (Å²) in [6.45, 7) is 6.88. The number of benzene rings is 4. The molecule has 0 saturated carbocycles. The molecule has 0 aliphatic heterocycles. The van der Waals surface area contributed by atoms with Crippen LogP contribution in [0.4, 0.5) is 0 Å². The second-order valence-corrected chi connectivity index (χ2v) is 8.26. The van der Waals surface area contributed by atoms with E-state index in [0.717, 1.165) is 0 Å². The number of rotatable bonds is 3. The van der Waals surface area contributed by atoms with E-state index >= 15 is 0 Å². The highest BCUT2D eigenvalue weighted by molar-refractivity contribution is 5.93. The van der Waals surface area contributed by atoms with Crippen molar-refractivity contribution in [3.05, 3.63) is 109 Å². The first-order valence-corrected chi connectivity index (χ1v) is 9.89. The summed E-state index contributed by atoms with van der Waals surface area (Å²) < 4.78 is 0. The summed E-state index contributed by atoms with van der Waals surface area (Å²) in [5.74, 6) is 0. The molecule has 28 heavy (non-hydrogen) atoms. The molecule has 0 atom stereocenters. The molecule has 4 aromatic rings. The SMILES string of the molecule is CC(C)(C)c1cccc(-c2ccccc2-c2ccccc2)c1-c1ccccc1. The molecule has 0 amide bonds. The molecule has 4 rings (SSSR count). The first-order valence-electron chi connectivity index (χ1n) is 9.89. The van der Waals surface area contributed by atoms with Gasteiger partial charge in [-0.05, 0) is 44.4 Å². The van der Waals surface area contributed by atoms with Crippen LogP contribution in [-0.2, 0) is 5.41 Å². The van der Waals surface area contributed by atoms with Gasteiger partial charge in [0.1, 0.15) is 0 Å². The van der Waals surface area contributed by atoms with Crippen molar-refractivity contribution in [3.63, 3.8) is 0 Å². The molecule has 0 N–H and O–H groups in total. The van der Waals surface area contributed by atoms with Gasteiger partial charge in [-0.15, -0.1) is 0 Å².